The first-order valence-corrected chi connectivity index (χ1v) is 9.46. The lowest BCUT2D eigenvalue weighted by atomic mass is 10.1. The van der Waals surface area contributed by atoms with Gasteiger partial charge >= 0.3 is 11.9 Å². The highest BCUT2D eigenvalue weighted by Gasteiger charge is 2.21. The number of ether oxygens (including phenoxy) is 3. The van der Waals surface area contributed by atoms with Crippen molar-refractivity contribution < 1.29 is 23.8 Å². The second-order valence-corrected chi connectivity index (χ2v) is 6.98. The van der Waals surface area contributed by atoms with E-state index in [1.165, 1.54) is 30.9 Å². The summed E-state index contributed by atoms with van der Waals surface area (Å²) < 4.78 is 16.6. The summed E-state index contributed by atoms with van der Waals surface area (Å²) in [6.45, 7) is 1.04. The maximum absolute atomic E-state index is 13.0. The van der Waals surface area contributed by atoms with Crippen LogP contribution in [0, 0.1) is 0 Å². The molecule has 2 heterocycles. The van der Waals surface area contributed by atoms with Crippen molar-refractivity contribution in [3.05, 3.63) is 34.1 Å². The zero-order valence-electron chi connectivity index (χ0n) is 15.1. The molecule has 2 aromatic rings. The summed E-state index contributed by atoms with van der Waals surface area (Å²) in [5.41, 5.74) is 0.441. The first-order valence-electron chi connectivity index (χ1n) is 8.47. The SMILES string of the molecule is COC(=O)CSc1nc2cc(C(=O)OC)ccc2c(=O)n1C[C@@H]1CCCO1. The molecule has 9 heteroatoms. The number of benzene rings is 1. The molecule has 1 saturated heterocycles. The van der Waals surface area contributed by atoms with Crippen molar-refractivity contribution in [1.82, 2.24) is 9.55 Å². The Morgan fingerprint density at radius 2 is 2.15 bits per heavy atom. The van der Waals surface area contributed by atoms with Crippen LogP contribution in [0.2, 0.25) is 0 Å². The first kappa shape index (κ1) is 19.4. The molecular formula is C18H20N2O6S. The number of nitrogens with zero attached hydrogens (tertiary/aromatic N) is 2. The predicted octanol–water partition coefficient (Wildman–Crippen LogP) is 1.63. The van der Waals surface area contributed by atoms with Gasteiger partial charge in [0, 0.05) is 6.61 Å². The second-order valence-electron chi connectivity index (χ2n) is 6.03. The maximum atomic E-state index is 13.0. The molecule has 1 atom stereocenters. The summed E-state index contributed by atoms with van der Waals surface area (Å²) in [5.74, 6) is -0.899. The summed E-state index contributed by atoms with van der Waals surface area (Å²) in [4.78, 5) is 40.8. The van der Waals surface area contributed by atoms with Crippen molar-refractivity contribution in [2.75, 3.05) is 26.6 Å². The van der Waals surface area contributed by atoms with E-state index in [4.69, 9.17) is 9.47 Å². The summed E-state index contributed by atoms with van der Waals surface area (Å²) in [5, 5.41) is 0.776. The Balaban J connectivity index is 2.05. The molecule has 0 aliphatic carbocycles. The molecule has 0 N–H and O–H groups in total. The average molecular weight is 392 g/mol. The van der Waals surface area contributed by atoms with Gasteiger partial charge in [0.2, 0.25) is 0 Å². The summed E-state index contributed by atoms with van der Waals surface area (Å²) in [6, 6.07) is 4.62. The number of esters is 2. The molecule has 0 bridgehead atoms. The number of carbonyl (C=O) groups excluding carboxylic acids is 2. The van der Waals surface area contributed by atoms with Gasteiger partial charge in [0.05, 0.1) is 49.1 Å². The van der Waals surface area contributed by atoms with Gasteiger partial charge in [0.1, 0.15) is 0 Å². The lowest BCUT2D eigenvalue weighted by Gasteiger charge is -2.16. The van der Waals surface area contributed by atoms with Gasteiger partial charge in [-0.2, -0.15) is 0 Å². The average Bonchev–Trinajstić information content (AvgIpc) is 3.20. The Kier molecular flexibility index (Phi) is 6.12. The third-order valence-corrected chi connectivity index (χ3v) is 5.25. The molecule has 8 nitrogen and oxygen atoms in total. The molecule has 1 fully saturated rings. The highest BCUT2D eigenvalue weighted by molar-refractivity contribution is 7.99. The number of methoxy groups -OCH3 is 2. The molecule has 1 aromatic carbocycles. The van der Waals surface area contributed by atoms with E-state index in [-0.39, 0.29) is 17.4 Å². The Morgan fingerprint density at radius 1 is 1.33 bits per heavy atom. The fourth-order valence-corrected chi connectivity index (χ4v) is 3.73. The van der Waals surface area contributed by atoms with Gasteiger partial charge in [0.25, 0.3) is 5.56 Å². The smallest absolute Gasteiger partial charge is 0.337 e. The van der Waals surface area contributed by atoms with Crippen molar-refractivity contribution >= 4 is 34.6 Å². The molecule has 0 unspecified atom stereocenters. The number of rotatable bonds is 6. The van der Waals surface area contributed by atoms with Crippen LogP contribution in [0.25, 0.3) is 10.9 Å². The van der Waals surface area contributed by atoms with Gasteiger partial charge < -0.3 is 14.2 Å². The first-order chi connectivity index (χ1) is 13.0. The Hall–Kier alpha value is -2.39. The quantitative estimate of drug-likeness (QED) is 0.416. The zero-order chi connectivity index (χ0) is 19.4. The van der Waals surface area contributed by atoms with Crippen LogP contribution in [-0.2, 0) is 25.5 Å². The van der Waals surface area contributed by atoms with Crippen molar-refractivity contribution in [1.29, 1.82) is 0 Å². The van der Waals surface area contributed by atoms with Crippen molar-refractivity contribution in [3.63, 3.8) is 0 Å². The highest BCUT2D eigenvalue weighted by atomic mass is 32.2. The standard InChI is InChI=1S/C18H20N2O6S/c1-24-15(21)10-27-18-19-14-8-11(17(23)25-2)5-6-13(14)16(22)20(18)9-12-4-3-7-26-12/h5-6,8,12H,3-4,7,9-10H2,1-2H3/t12-/m0/s1. The van der Waals surface area contributed by atoms with Gasteiger partial charge in [-0.05, 0) is 31.0 Å². The van der Waals surface area contributed by atoms with Gasteiger partial charge in [-0.25, -0.2) is 9.78 Å². The number of aromatic nitrogens is 2. The zero-order valence-corrected chi connectivity index (χ0v) is 15.9. The molecule has 1 aliphatic rings. The van der Waals surface area contributed by atoms with Crippen LogP contribution in [0.4, 0.5) is 0 Å². The Morgan fingerprint density at radius 3 is 2.81 bits per heavy atom. The largest absolute Gasteiger partial charge is 0.468 e. The number of hydrogen-bond donors (Lipinski definition) is 0. The molecule has 0 saturated carbocycles. The maximum Gasteiger partial charge on any atom is 0.337 e. The molecule has 144 valence electrons. The number of carbonyl (C=O) groups is 2. The Bertz CT molecular complexity index is 920. The van der Waals surface area contributed by atoms with Crippen LogP contribution in [0.15, 0.2) is 28.2 Å². The van der Waals surface area contributed by atoms with Crippen LogP contribution in [-0.4, -0.2) is 54.2 Å². The fourth-order valence-electron chi connectivity index (χ4n) is 2.89. The van der Waals surface area contributed by atoms with E-state index in [2.05, 4.69) is 9.72 Å². The molecule has 0 spiro atoms. The van der Waals surface area contributed by atoms with Crippen molar-refractivity contribution in [2.24, 2.45) is 0 Å². The predicted molar refractivity (Wildman–Crippen MR) is 99.1 cm³/mol. The van der Waals surface area contributed by atoms with E-state index in [9.17, 15) is 14.4 Å². The van der Waals surface area contributed by atoms with Crippen LogP contribution in [0.5, 0.6) is 0 Å². The normalized spacial score (nSPS) is 16.4. The third kappa shape index (κ3) is 4.30. The monoisotopic (exact) mass is 392 g/mol. The minimum Gasteiger partial charge on any atom is -0.468 e. The van der Waals surface area contributed by atoms with Crippen molar-refractivity contribution in [2.45, 2.75) is 30.6 Å². The van der Waals surface area contributed by atoms with Crippen LogP contribution < -0.4 is 5.56 Å². The number of thioether (sulfide) groups is 1. The van der Waals surface area contributed by atoms with Crippen LogP contribution in [0.1, 0.15) is 23.2 Å². The molecule has 1 aliphatic heterocycles. The van der Waals surface area contributed by atoms with Crippen LogP contribution >= 0.6 is 11.8 Å². The molecule has 0 radical (unpaired) electrons. The van der Waals surface area contributed by atoms with Gasteiger partial charge in [-0.3, -0.25) is 14.2 Å². The van der Waals surface area contributed by atoms with E-state index in [1.54, 1.807) is 6.07 Å². The number of hydrogen-bond acceptors (Lipinski definition) is 8. The van der Waals surface area contributed by atoms with E-state index in [0.29, 0.717) is 34.8 Å². The van der Waals surface area contributed by atoms with Crippen LogP contribution in [0.3, 0.4) is 0 Å². The van der Waals surface area contributed by atoms with E-state index in [1.807, 2.05) is 0 Å². The molecular weight excluding hydrogens is 372 g/mol. The summed E-state index contributed by atoms with van der Waals surface area (Å²) in [7, 11) is 2.59. The third-order valence-electron chi connectivity index (χ3n) is 4.30. The lowest BCUT2D eigenvalue weighted by molar-refractivity contribution is -0.137. The van der Waals surface area contributed by atoms with Gasteiger partial charge in [-0.15, -0.1) is 0 Å². The van der Waals surface area contributed by atoms with E-state index < -0.39 is 11.9 Å². The fraction of sp³-hybridized carbons (Fsp3) is 0.444. The lowest BCUT2D eigenvalue weighted by Crippen LogP contribution is -2.29. The molecule has 3 rings (SSSR count). The molecule has 1 aromatic heterocycles. The second kappa shape index (κ2) is 8.53. The molecule has 27 heavy (non-hydrogen) atoms. The topological polar surface area (TPSA) is 96.7 Å². The number of fused-ring (bicyclic) bond motifs is 1. The Labute approximate surface area is 159 Å². The summed E-state index contributed by atoms with van der Waals surface area (Å²) in [6.07, 6.45) is 1.76. The van der Waals surface area contributed by atoms with Gasteiger partial charge in [0.15, 0.2) is 5.16 Å². The van der Waals surface area contributed by atoms with Gasteiger partial charge in [-0.1, -0.05) is 11.8 Å². The highest BCUT2D eigenvalue weighted by Crippen LogP contribution is 2.22. The summed E-state index contributed by atoms with van der Waals surface area (Å²) >= 11 is 1.12. The minimum absolute atomic E-state index is 0.0245. The van der Waals surface area contributed by atoms with Crippen molar-refractivity contribution in [3.8, 4) is 0 Å². The minimum atomic E-state index is -0.508. The van der Waals surface area contributed by atoms with E-state index >= 15 is 0 Å². The van der Waals surface area contributed by atoms with E-state index in [0.717, 1.165) is 24.6 Å². The molecule has 0 amide bonds.